The fourth-order valence-electron chi connectivity index (χ4n) is 3.82. The van der Waals surface area contributed by atoms with Crippen molar-refractivity contribution in [1.29, 1.82) is 5.26 Å². The number of nitriles is 1. The zero-order valence-corrected chi connectivity index (χ0v) is 21.3. The Morgan fingerprint density at radius 2 is 1.86 bits per heavy atom. The van der Waals surface area contributed by atoms with Gasteiger partial charge in [0.2, 0.25) is 5.91 Å². The zero-order chi connectivity index (χ0) is 25.5. The maximum Gasteiger partial charge on any atom is 0.337 e. The Balaban J connectivity index is 1.91. The molecule has 35 heavy (non-hydrogen) atoms. The Morgan fingerprint density at radius 3 is 2.46 bits per heavy atom. The van der Waals surface area contributed by atoms with Gasteiger partial charge in [-0.2, -0.15) is 5.26 Å². The third-order valence-electron chi connectivity index (χ3n) is 5.50. The minimum absolute atomic E-state index is 0.0502. The lowest BCUT2D eigenvalue weighted by atomic mass is 9.82. The average molecular weight is 508 g/mol. The molecule has 1 heterocycles. The van der Waals surface area contributed by atoms with E-state index in [0.29, 0.717) is 26.9 Å². The summed E-state index contributed by atoms with van der Waals surface area (Å²) in [5.41, 5.74) is 4.65. The van der Waals surface area contributed by atoms with E-state index in [1.807, 2.05) is 32.0 Å². The number of nitrogens with zero attached hydrogens (tertiary/aromatic N) is 1. The third-order valence-corrected chi connectivity index (χ3v) is 6.77. The van der Waals surface area contributed by atoms with Gasteiger partial charge in [-0.1, -0.05) is 66.3 Å². The van der Waals surface area contributed by atoms with Crippen LogP contribution in [0.5, 0.6) is 0 Å². The van der Waals surface area contributed by atoms with Crippen LogP contribution < -0.4 is 10.6 Å². The second-order valence-electron chi connectivity index (χ2n) is 7.99. The summed E-state index contributed by atoms with van der Waals surface area (Å²) < 4.78 is 5.31. The highest BCUT2D eigenvalue weighted by atomic mass is 35.5. The van der Waals surface area contributed by atoms with Crippen molar-refractivity contribution < 1.29 is 14.3 Å². The molecule has 180 valence electrons. The van der Waals surface area contributed by atoms with Gasteiger partial charge in [0.25, 0.3) is 0 Å². The van der Waals surface area contributed by atoms with Gasteiger partial charge >= 0.3 is 5.97 Å². The van der Waals surface area contributed by atoms with Gasteiger partial charge < -0.3 is 15.4 Å². The molecule has 8 heteroatoms. The van der Waals surface area contributed by atoms with Crippen LogP contribution in [0.3, 0.4) is 0 Å². The van der Waals surface area contributed by atoms with Gasteiger partial charge in [0.05, 0.1) is 33.9 Å². The van der Waals surface area contributed by atoms with Crippen LogP contribution in [0.1, 0.15) is 29.5 Å². The van der Waals surface area contributed by atoms with E-state index in [1.165, 1.54) is 17.8 Å². The lowest BCUT2D eigenvalue weighted by molar-refractivity contribution is -0.138. The molecule has 0 saturated carbocycles. The summed E-state index contributed by atoms with van der Waals surface area (Å²) in [5, 5.41) is 17.3. The lowest BCUT2D eigenvalue weighted by Crippen LogP contribution is -2.29. The van der Waals surface area contributed by atoms with Crippen LogP contribution in [0, 0.1) is 25.2 Å². The molecule has 0 aromatic heterocycles. The van der Waals surface area contributed by atoms with Gasteiger partial charge in [0, 0.05) is 16.4 Å². The molecule has 2 aromatic carbocycles. The first kappa shape index (κ1) is 26.1. The summed E-state index contributed by atoms with van der Waals surface area (Å²) in [4.78, 5) is 25.7. The second-order valence-corrected chi connectivity index (χ2v) is 9.42. The van der Waals surface area contributed by atoms with Crippen molar-refractivity contribution in [3.05, 3.63) is 98.7 Å². The van der Waals surface area contributed by atoms with E-state index >= 15 is 0 Å². The van der Waals surface area contributed by atoms with E-state index < -0.39 is 11.9 Å². The number of allylic oxidation sites excluding steroid dienone is 2. The second kappa shape index (κ2) is 11.8. The largest absolute Gasteiger partial charge is 0.458 e. The number of para-hydroxylation sites is 1. The minimum atomic E-state index is -0.667. The van der Waals surface area contributed by atoms with Gasteiger partial charge in [-0.25, -0.2) is 4.79 Å². The van der Waals surface area contributed by atoms with Gasteiger partial charge in [0.1, 0.15) is 6.61 Å². The van der Waals surface area contributed by atoms with E-state index in [2.05, 4.69) is 23.3 Å². The number of rotatable bonds is 8. The standard InChI is InChI=1S/C27H26ClN3O3S/c1-5-13-34-27(33)23-18(4)30-26(21(14-29)24(23)19-9-11-20(28)12-10-19)35-15-22(32)31-25-16(2)7-6-8-17(25)3/h5-12,24,30H,1,13,15H2,2-4H3,(H,31,32). The van der Waals surface area contributed by atoms with Crippen LogP contribution in [0.4, 0.5) is 5.69 Å². The number of nitrogens with one attached hydrogen (secondary N) is 2. The Labute approximate surface area is 214 Å². The highest BCUT2D eigenvalue weighted by molar-refractivity contribution is 8.03. The molecule has 6 nitrogen and oxygen atoms in total. The number of ether oxygens (including phenoxy) is 1. The number of esters is 1. The normalized spacial score (nSPS) is 15.2. The number of benzene rings is 2. The van der Waals surface area contributed by atoms with Gasteiger partial charge in [-0.15, -0.1) is 0 Å². The smallest absolute Gasteiger partial charge is 0.337 e. The first-order valence-corrected chi connectivity index (χ1v) is 12.3. The number of halogens is 1. The molecule has 3 rings (SSSR count). The first-order valence-electron chi connectivity index (χ1n) is 10.9. The van der Waals surface area contributed by atoms with Crippen molar-refractivity contribution in [2.75, 3.05) is 17.7 Å². The molecular formula is C27H26ClN3O3S. The molecular weight excluding hydrogens is 482 g/mol. The third kappa shape index (κ3) is 6.16. The Kier molecular flexibility index (Phi) is 8.80. The summed E-state index contributed by atoms with van der Waals surface area (Å²) in [5.74, 6) is -1.32. The van der Waals surface area contributed by atoms with Crippen LogP contribution in [-0.4, -0.2) is 24.2 Å². The summed E-state index contributed by atoms with van der Waals surface area (Å²) in [6.07, 6.45) is 1.48. The maximum absolute atomic E-state index is 12.9. The van der Waals surface area contributed by atoms with Crippen molar-refractivity contribution in [1.82, 2.24) is 5.32 Å². The topological polar surface area (TPSA) is 91.2 Å². The number of hydrogen-bond acceptors (Lipinski definition) is 6. The van der Waals surface area contributed by atoms with E-state index in [1.54, 1.807) is 31.2 Å². The molecule has 1 amide bonds. The molecule has 1 atom stereocenters. The maximum atomic E-state index is 12.9. The van der Waals surface area contributed by atoms with Crippen LogP contribution in [0.25, 0.3) is 0 Å². The van der Waals surface area contributed by atoms with Crippen LogP contribution in [-0.2, 0) is 14.3 Å². The Bertz CT molecular complexity index is 1240. The van der Waals surface area contributed by atoms with Gasteiger partial charge in [-0.05, 0) is 49.6 Å². The molecule has 1 aliphatic rings. The quantitative estimate of drug-likeness (QED) is 0.349. The molecule has 0 radical (unpaired) electrons. The van der Waals surface area contributed by atoms with Crippen LogP contribution in [0.2, 0.25) is 5.02 Å². The van der Waals surface area contributed by atoms with E-state index in [0.717, 1.165) is 22.4 Å². The Hall–Kier alpha value is -3.47. The molecule has 2 aromatic rings. The predicted molar refractivity (Wildman–Crippen MR) is 141 cm³/mol. The van der Waals surface area contributed by atoms with Crippen molar-refractivity contribution in [2.24, 2.45) is 0 Å². The van der Waals surface area contributed by atoms with Gasteiger partial charge in [-0.3, -0.25) is 4.79 Å². The summed E-state index contributed by atoms with van der Waals surface area (Å²) >= 11 is 7.28. The van der Waals surface area contributed by atoms with E-state index in [4.69, 9.17) is 16.3 Å². The number of aryl methyl sites for hydroxylation is 2. The monoisotopic (exact) mass is 507 g/mol. The number of dihydropyridines is 1. The number of hydrogen-bond donors (Lipinski definition) is 2. The number of amides is 1. The SMILES string of the molecule is C=CCOC(=O)C1=C(C)NC(SCC(=O)Nc2c(C)cccc2C)=C(C#N)C1c1ccc(Cl)cc1. The minimum Gasteiger partial charge on any atom is -0.458 e. The van der Waals surface area contributed by atoms with E-state index in [-0.39, 0.29) is 18.3 Å². The zero-order valence-electron chi connectivity index (χ0n) is 19.8. The molecule has 0 saturated heterocycles. The first-order chi connectivity index (χ1) is 16.8. The molecule has 1 unspecified atom stereocenters. The highest BCUT2D eigenvalue weighted by Gasteiger charge is 2.35. The van der Waals surface area contributed by atoms with Crippen molar-refractivity contribution in [2.45, 2.75) is 26.7 Å². The predicted octanol–water partition coefficient (Wildman–Crippen LogP) is 5.75. The molecule has 0 fully saturated rings. The lowest BCUT2D eigenvalue weighted by Gasteiger charge is -2.29. The number of anilines is 1. The van der Waals surface area contributed by atoms with Crippen LogP contribution >= 0.6 is 23.4 Å². The molecule has 2 N–H and O–H groups in total. The number of carbonyl (C=O) groups excluding carboxylic acids is 2. The molecule has 0 aliphatic carbocycles. The number of carbonyl (C=O) groups is 2. The van der Waals surface area contributed by atoms with Crippen molar-refractivity contribution >= 4 is 40.9 Å². The fourth-order valence-corrected chi connectivity index (χ4v) is 4.84. The van der Waals surface area contributed by atoms with Crippen molar-refractivity contribution in [3.8, 4) is 6.07 Å². The highest BCUT2D eigenvalue weighted by Crippen LogP contribution is 2.41. The number of thioether (sulfide) groups is 1. The molecule has 1 aliphatic heterocycles. The summed E-state index contributed by atoms with van der Waals surface area (Å²) in [6.45, 7) is 9.26. The Morgan fingerprint density at radius 1 is 1.20 bits per heavy atom. The average Bonchev–Trinajstić information content (AvgIpc) is 2.83. The van der Waals surface area contributed by atoms with Crippen LogP contribution in [0.15, 0.2) is 77.0 Å². The van der Waals surface area contributed by atoms with E-state index in [9.17, 15) is 14.9 Å². The fraction of sp³-hybridized carbons (Fsp3) is 0.222. The molecule has 0 spiro atoms. The molecule has 0 bridgehead atoms. The summed E-state index contributed by atoms with van der Waals surface area (Å²) in [6, 6.07) is 15.0. The summed E-state index contributed by atoms with van der Waals surface area (Å²) in [7, 11) is 0. The van der Waals surface area contributed by atoms with Gasteiger partial charge in [0.15, 0.2) is 0 Å². The van der Waals surface area contributed by atoms with Crippen molar-refractivity contribution in [3.63, 3.8) is 0 Å².